The van der Waals surface area contributed by atoms with Crippen molar-refractivity contribution < 1.29 is 14.4 Å². The number of amides is 4. The van der Waals surface area contributed by atoms with Gasteiger partial charge in [0.1, 0.15) is 12.1 Å². The highest BCUT2D eigenvalue weighted by Gasteiger charge is 2.49. The van der Waals surface area contributed by atoms with Crippen LogP contribution in [0.4, 0.5) is 4.79 Å². The Kier molecular flexibility index (Phi) is 5.46. The molecule has 1 unspecified atom stereocenters. The van der Waals surface area contributed by atoms with Crippen LogP contribution in [0.3, 0.4) is 0 Å². The number of rotatable bonds is 6. The second-order valence-corrected chi connectivity index (χ2v) is 6.50. The highest BCUT2D eigenvalue weighted by atomic mass is 16.2. The number of nitrogens with zero attached hydrogens (tertiary/aromatic N) is 3. The third-order valence-corrected chi connectivity index (χ3v) is 4.35. The summed E-state index contributed by atoms with van der Waals surface area (Å²) in [6.45, 7) is 9.53. The first-order valence-corrected chi connectivity index (χ1v) is 8.29. The third kappa shape index (κ3) is 3.59. The molecule has 0 radical (unpaired) electrons. The lowest BCUT2D eigenvalue weighted by molar-refractivity contribution is -0.138. The molecule has 1 fully saturated rings. The van der Waals surface area contributed by atoms with Crippen molar-refractivity contribution in [2.45, 2.75) is 26.3 Å². The van der Waals surface area contributed by atoms with Crippen LogP contribution in [-0.4, -0.2) is 47.3 Å². The number of carbonyl (C=O) groups is 3. The largest absolute Gasteiger partial charge is 0.337 e. The Hall–Kier alpha value is -3.14. The molecule has 4 amide bonds. The van der Waals surface area contributed by atoms with Gasteiger partial charge in [0.25, 0.3) is 5.91 Å². The van der Waals surface area contributed by atoms with Crippen LogP contribution >= 0.6 is 0 Å². The summed E-state index contributed by atoms with van der Waals surface area (Å²) in [4.78, 5) is 40.1. The Bertz CT molecular complexity index is 794. The number of hydrogen-bond donors (Lipinski definition) is 1. The average Bonchev–Trinajstić information content (AvgIpc) is 2.83. The molecule has 7 nitrogen and oxygen atoms in total. The normalized spacial score (nSPS) is 19.1. The minimum Gasteiger partial charge on any atom is -0.337 e. The summed E-state index contributed by atoms with van der Waals surface area (Å²) in [6, 6.07) is 7.82. The third-order valence-electron chi connectivity index (χ3n) is 4.35. The van der Waals surface area contributed by atoms with E-state index in [1.165, 1.54) is 0 Å². The molecule has 0 saturated carbocycles. The highest BCUT2D eigenvalue weighted by molar-refractivity contribution is 6.09. The van der Waals surface area contributed by atoms with Crippen molar-refractivity contribution >= 4 is 17.8 Å². The summed E-state index contributed by atoms with van der Waals surface area (Å²) in [5, 5.41) is 11.5. The molecule has 2 rings (SSSR count). The summed E-state index contributed by atoms with van der Waals surface area (Å²) in [5.41, 5.74) is 0.565. The molecule has 1 aliphatic rings. The Balaban J connectivity index is 2.21. The van der Waals surface area contributed by atoms with E-state index in [1.807, 2.05) is 19.9 Å². The predicted molar refractivity (Wildman–Crippen MR) is 95.8 cm³/mol. The molecule has 0 aliphatic carbocycles. The van der Waals surface area contributed by atoms with E-state index in [0.29, 0.717) is 24.2 Å². The molecule has 0 bridgehead atoms. The van der Waals surface area contributed by atoms with Crippen molar-refractivity contribution in [3.05, 3.63) is 47.5 Å². The van der Waals surface area contributed by atoms with E-state index in [2.05, 4.69) is 11.9 Å². The number of likely N-dealkylation sites (N-methyl/N-ethyl adjacent to an activating group) is 1. The van der Waals surface area contributed by atoms with Crippen LogP contribution in [0.1, 0.15) is 31.9 Å². The lowest BCUT2D eigenvalue weighted by atomic mass is 9.91. The molecule has 1 atom stereocenters. The number of nitriles is 1. The first kappa shape index (κ1) is 19.2. The molecule has 0 aromatic heterocycles. The van der Waals surface area contributed by atoms with Gasteiger partial charge in [0.05, 0.1) is 11.6 Å². The number of carbonyl (C=O) groups excluding carboxylic acids is 3. The molecule has 7 heteroatoms. The topological polar surface area (TPSA) is 93.5 Å². The van der Waals surface area contributed by atoms with Crippen LogP contribution in [-0.2, 0) is 15.1 Å². The van der Waals surface area contributed by atoms with Crippen LogP contribution in [0.15, 0.2) is 36.4 Å². The summed E-state index contributed by atoms with van der Waals surface area (Å²) >= 11 is 0. The fourth-order valence-electron chi connectivity index (χ4n) is 2.85. The summed E-state index contributed by atoms with van der Waals surface area (Å²) in [7, 11) is 0. The van der Waals surface area contributed by atoms with Gasteiger partial charge >= 0.3 is 6.03 Å². The molecule has 1 saturated heterocycles. The van der Waals surface area contributed by atoms with Crippen LogP contribution in [0.25, 0.3) is 0 Å². The molecule has 1 aromatic rings. The van der Waals surface area contributed by atoms with Gasteiger partial charge in [-0.15, -0.1) is 0 Å². The van der Waals surface area contributed by atoms with Gasteiger partial charge < -0.3 is 10.2 Å². The fraction of sp³-hybridized carbons (Fsp3) is 0.368. The van der Waals surface area contributed by atoms with Gasteiger partial charge in [-0.25, -0.2) is 4.79 Å². The smallest absolute Gasteiger partial charge is 0.325 e. The van der Waals surface area contributed by atoms with Crippen LogP contribution < -0.4 is 5.32 Å². The molecule has 0 spiro atoms. The van der Waals surface area contributed by atoms with Crippen molar-refractivity contribution in [1.82, 2.24) is 15.1 Å². The maximum absolute atomic E-state index is 12.9. The predicted octanol–water partition coefficient (Wildman–Crippen LogP) is 1.75. The SMILES string of the molecule is C=C(C)CN(CC)C(=O)CN1C(=O)NC(C)(c2ccc(C#N)cc2)C1=O. The molecular weight excluding hydrogens is 332 g/mol. The molecule has 1 aromatic carbocycles. The highest BCUT2D eigenvalue weighted by Crippen LogP contribution is 2.29. The minimum absolute atomic E-state index is 0.317. The van der Waals surface area contributed by atoms with Crippen molar-refractivity contribution in [2.75, 3.05) is 19.6 Å². The number of urea groups is 1. The molecule has 136 valence electrons. The Morgan fingerprint density at radius 3 is 2.46 bits per heavy atom. The number of benzene rings is 1. The summed E-state index contributed by atoms with van der Waals surface area (Å²) < 4.78 is 0. The van der Waals surface area contributed by atoms with Crippen molar-refractivity contribution in [3.63, 3.8) is 0 Å². The standard InChI is InChI=1S/C19H22N4O3/c1-5-22(11-13(2)3)16(24)12-23-17(25)19(4,21-18(23)26)15-8-6-14(10-20)7-9-15/h6-9H,2,5,11-12H2,1,3-4H3,(H,21,26). The van der Waals surface area contributed by atoms with Crippen LogP contribution in [0, 0.1) is 11.3 Å². The van der Waals surface area contributed by atoms with Crippen molar-refractivity contribution in [1.29, 1.82) is 5.26 Å². The quantitative estimate of drug-likeness (QED) is 0.622. The first-order valence-electron chi connectivity index (χ1n) is 8.29. The molecule has 1 aliphatic heterocycles. The lowest BCUT2D eigenvalue weighted by Crippen LogP contribution is -2.44. The molecule has 1 heterocycles. The zero-order valence-corrected chi connectivity index (χ0v) is 15.2. The van der Waals surface area contributed by atoms with Gasteiger partial charge in [-0.05, 0) is 38.5 Å². The summed E-state index contributed by atoms with van der Waals surface area (Å²) in [6.07, 6.45) is 0. The van der Waals surface area contributed by atoms with E-state index in [9.17, 15) is 14.4 Å². The van der Waals surface area contributed by atoms with Gasteiger partial charge in [0, 0.05) is 13.1 Å². The first-order chi connectivity index (χ1) is 12.2. The Morgan fingerprint density at radius 1 is 1.35 bits per heavy atom. The van der Waals surface area contributed by atoms with Crippen LogP contribution in [0.2, 0.25) is 0 Å². The number of nitrogens with one attached hydrogen (secondary N) is 1. The van der Waals surface area contributed by atoms with E-state index < -0.39 is 17.5 Å². The van der Waals surface area contributed by atoms with E-state index in [1.54, 1.807) is 36.1 Å². The van der Waals surface area contributed by atoms with Gasteiger partial charge in [0.2, 0.25) is 5.91 Å². The Labute approximate surface area is 152 Å². The number of imide groups is 1. The van der Waals surface area contributed by atoms with E-state index in [0.717, 1.165) is 10.5 Å². The lowest BCUT2D eigenvalue weighted by Gasteiger charge is -2.24. The molecule has 1 N–H and O–H groups in total. The van der Waals surface area contributed by atoms with Gasteiger partial charge in [-0.2, -0.15) is 5.26 Å². The van der Waals surface area contributed by atoms with Gasteiger partial charge in [-0.1, -0.05) is 24.3 Å². The monoisotopic (exact) mass is 354 g/mol. The molecule has 26 heavy (non-hydrogen) atoms. The zero-order valence-electron chi connectivity index (χ0n) is 15.2. The minimum atomic E-state index is -1.27. The zero-order chi connectivity index (χ0) is 19.5. The van der Waals surface area contributed by atoms with E-state index in [-0.39, 0.29) is 12.5 Å². The number of hydrogen-bond acceptors (Lipinski definition) is 4. The summed E-state index contributed by atoms with van der Waals surface area (Å²) in [5.74, 6) is -0.810. The van der Waals surface area contributed by atoms with Gasteiger partial charge in [-0.3, -0.25) is 14.5 Å². The van der Waals surface area contributed by atoms with Gasteiger partial charge in [0.15, 0.2) is 0 Å². The Morgan fingerprint density at radius 2 is 1.96 bits per heavy atom. The van der Waals surface area contributed by atoms with E-state index in [4.69, 9.17) is 5.26 Å². The fourth-order valence-corrected chi connectivity index (χ4v) is 2.85. The van der Waals surface area contributed by atoms with Crippen LogP contribution in [0.5, 0.6) is 0 Å². The van der Waals surface area contributed by atoms with Crippen molar-refractivity contribution in [2.24, 2.45) is 0 Å². The molecular formula is C19H22N4O3. The second kappa shape index (κ2) is 7.40. The van der Waals surface area contributed by atoms with Crippen molar-refractivity contribution in [3.8, 4) is 6.07 Å². The average molecular weight is 354 g/mol. The maximum atomic E-state index is 12.9. The maximum Gasteiger partial charge on any atom is 0.325 e. The van der Waals surface area contributed by atoms with E-state index >= 15 is 0 Å². The second-order valence-electron chi connectivity index (χ2n) is 6.50.